The van der Waals surface area contributed by atoms with Crippen LogP contribution in [-0.4, -0.2) is 7.11 Å². The monoisotopic (exact) mass is 228 g/mol. The summed E-state index contributed by atoms with van der Waals surface area (Å²) in [5, 5.41) is 0. The van der Waals surface area contributed by atoms with E-state index in [1.807, 2.05) is 56.3 Å². The van der Waals surface area contributed by atoms with Gasteiger partial charge in [0.25, 0.3) is 0 Å². The minimum atomic E-state index is 0.831. The Labute approximate surface area is 102 Å². The molecule has 0 unspecified atom stereocenters. The first-order chi connectivity index (χ1) is 8.20. The number of hydrogen-bond acceptors (Lipinski definition) is 2. The molecule has 0 atom stereocenters. The molecule has 2 rings (SSSR count). The van der Waals surface area contributed by atoms with Gasteiger partial charge >= 0.3 is 0 Å². The summed E-state index contributed by atoms with van der Waals surface area (Å²) in [5.41, 5.74) is 2.19. The summed E-state index contributed by atoms with van der Waals surface area (Å²) in [5.74, 6) is 2.59. The zero-order chi connectivity index (χ0) is 12.3. The first-order valence-corrected chi connectivity index (χ1v) is 5.59. The van der Waals surface area contributed by atoms with Gasteiger partial charge in [-0.3, -0.25) is 0 Å². The SMILES string of the molecule is COc1ccc(Oc2ccccc2C)cc1C. The Bertz CT molecular complexity index is 518. The van der Waals surface area contributed by atoms with Crippen LogP contribution in [0.25, 0.3) is 0 Å². The highest BCUT2D eigenvalue weighted by Gasteiger charge is 2.03. The number of benzene rings is 2. The van der Waals surface area contributed by atoms with E-state index in [2.05, 4.69) is 0 Å². The summed E-state index contributed by atoms with van der Waals surface area (Å²) in [4.78, 5) is 0. The maximum atomic E-state index is 5.83. The lowest BCUT2D eigenvalue weighted by molar-refractivity contribution is 0.409. The van der Waals surface area contributed by atoms with Crippen molar-refractivity contribution >= 4 is 0 Å². The second kappa shape index (κ2) is 4.91. The Morgan fingerprint density at radius 1 is 0.824 bits per heavy atom. The van der Waals surface area contributed by atoms with Crippen molar-refractivity contribution in [3.05, 3.63) is 53.6 Å². The molecule has 0 aliphatic heterocycles. The molecule has 0 spiro atoms. The van der Waals surface area contributed by atoms with Crippen molar-refractivity contribution < 1.29 is 9.47 Å². The first kappa shape index (κ1) is 11.5. The largest absolute Gasteiger partial charge is 0.496 e. The van der Waals surface area contributed by atoms with Crippen molar-refractivity contribution in [3.8, 4) is 17.2 Å². The Morgan fingerprint density at radius 2 is 1.59 bits per heavy atom. The minimum Gasteiger partial charge on any atom is -0.496 e. The van der Waals surface area contributed by atoms with Crippen LogP contribution in [0.15, 0.2) is 42.5 Å². The van der Waals surface area contributed by atoms with Crippen LogP contribution < -0.4 is 9.47 Å². The molecule has 2 aromatic carbocycles. The molecule has 0 saturated heterocycles. The average Bonchev–Trinajstić information content (AvgIpc) is 2.32. The molecule has 0 aromatic heterocycles. The fourth-order valence-electron chi connectivity index (χ4n) is 1.71. The van der Waals surface area contributed by atoms with Gasteiger partial charge in [-0.1, -0.05) is 18.2 Å². The second-order valence-corrected chi connectivity index (χ2v) is 4.00. The van der Waals surface area contributed by atoms with Gasteiger partial charge in [-0.05, 0) is 49.2 Å². The van der Waals surface area contributed by atoms with Gasteiger partial charge in [0.15, 0.2) is 0 Å². The van der Waals surface area contributed by atoms with Crippen LogP contribution in [0.1, 0.15) is 11.1 Å². The van der Waals surface area contributed by atoms with Gasteiger partial charge in [-0.15, -0.1) is 0 Å². The third kappa shape index (κ3) is 2.59. The number of para-hydroxylation sites is 1. The van der Waals surface area contributed by atoms with Gasteiger partial charge in [0.2, 0.25) is 0 Å². The molecule has 0 radical (unpaired) electrons. The second-order valence-electron chi connectivity index (χ2n) is 4.00. The topological polar surface area (TPSA) is 18.5 Å². The van der Waals surface area contributed by atoms with Gasteiger partial charge in [0, 0.05) is 0 Å². The van der Waals surface area contributed by atoms with E-state index >= 15 is 0 Å². The summed E-state index contributed by atoms with van der Waals surface area (Å²) in [7, 11) is 1.67. The van der Waals surface area contributed by atoms with Crippen LogP contribution in [0.4, 0.5) is 0 Å². The van der Waals surface area contributed by atoms with Crippen LogP contribution in [0, 0.1) is 13.8 Å². The molecule has 2 aromatic rings. The van der Waals surface area contributed by atoms with Crippen LogP contribution >= 0.6 is 0 Å². The van der Waals surface area contributed by atoms with E-state index in [0.29, 0.717) is 0 Å². The molecule has 0 saturated carbocycles. The van der Waals surface area contributed by atoms with Gasteiger partial charge in [-0.2, -0.15) is 0 Å². The predicted octanol–water partition coefficient (Wildman–Crippen LogP) is 4.10. The van der Waals surface area contributed by atoms with Crippen molar-refractivity contribution in [3.63, 3.8) is 0 Å². The van der Waals surface area contributed by atoms with Crippen molar-refractivity contribution in [2.24, 2.45) is 0 Å². The maximum absolute atomic E-state index is 5.83. The van der Waals surface area contributed by atoms with E-state index in [-0.39, 0.29) is 0 Å². The van der Waals surface area contributed by atoms with E-state index in [1.165, 1.54) is 0 Å². The van der Waals surface area contributed by atoms with Gasteiger partial charge in [0.05, 0.1) is 7.11 Å². The Kier molecular flexibility index (Phi) is 3.33. The molecular weight excluding hydrogens is 212 g/mol. The van der Waals surface area contributed by atoms with E-state index in [1.54, 1.807) is 7.11 Å². The lowest BCUT2D eigenvalue weighted by Crippen LogP contribution is -1.90. The van der Waals surface area contributed by atoms with Crippen molar-refractivity contribution in [1.29, 1.82) is 0 Å². The molecule has 0 bridgehead atoms. The lowest BCUT2D eigenvalue weighted by Gasteiger charge is -2.10. The minimum absolute atomic E-state index is 0.831. The van der Waals surface area contributed by atoms with Crippen LogP contribution in [0.5, 0.6) is 17.2 Å². The third-order valence-corrected chi connectivity index (χ3v) is 2.69. The quantitative estimate of drug-likeness (QED) is 0.787. The number of hydrogen-bond donors (Lipinski definition) is 0. The van der Waals surface area contributed by atoms with Gasteiger partial charge < -0.3 is 9.47 Å². The number of methoxy groups -OCH3 is 1. The standard InChI is InChI=1S/C15H16O2/c1-11-6-4-5-7-15(11)17-13-8-9-14(16-3)12(2)10-13/h4-10H,1-3H3. The number of aryl methyl sites for hydroxylation is 2. The number of rotatable bonds is 3. The van der Waals surface area contributed by atoms with E-state index in [9.17, 15) is 0 Å². The summed E-state index contributed by atoms with van der Waals surface area (Å²) in [6.07, 6.45) is 0. The first-order valence-electron chi connectivity index (χ1n) is 5.59. The smallest absolute Gasteiger partial charge is 0.130 e. The summed E-state index contributed by atoms with van der Waals surface area (Å²) >= 11 is 0. The zero-order valence-electron chi connectivity index (χ0n) is 10.4. The van der Waals surface area contributed by atoms with E-state index in [4.69, 9.17) is 9.47 Å². The van der Waals surface area contributed by atoms with Crippen molar-refractivity contribution in [1.82, 2.24) is 0 Å². The van der Waals surface area contributed by atoms with Gasteiger partial charge in [0.1, 0.15) is 17.2 Å². The Morgan fingerprint density at radius 3 is 2.24 bits per heavy atom. The molecule has 17 heavy (non-hydrogen) atoms. The van der Waals surface area contributed by atoms with Crippen LogP contribution in [0.3, 0.4) is 0 Å². The van der Waals surface area contributed by atoms with E-state index in [0.717, 1.165) is 28.4 Å². The Balaban J connectivity index is 2.25. The van der Waals surface area contributed by atoms with Crippen LogP contribution in [0.2, 0.25) is 0 Å². The fourth-order valence-corrected chi connectivity index (χ4v) is 1.71. The lowest BCUT2D eigenvalue weighted by atomic mass is 10.2. The zero-order valence-corrected chi connectivity index (χ0v) is 10.4. The highest BCUT2D eigenvalue weighted by Crippen LogP contribution is 2.28. The molecule has 0 N–H and O–H groups in total. The fraction of sp³-hybridized carbons (Fsp3) is 0.200. The molecule has 2 nitrogen and oxygen atoms in total. The average molecular weight is 228 g/mol. The summed E-state index contributed by atoms with van der Waals surface area (Å²) in [6, 6.07) is 13.8. The maximum Gasteiger partial charge on any atom is 0.130 e. The van der Waals surface area contributed by atoms with Crippen LogP contribution in [-0.2, 0) is 0 Å². The summed E-state index contributed by atoms with van der Waals surface area (Å²) in [6.45, 7) is 4.04. The molecular formula is C15H16O2. The normalized spacial score (nSPS) is 10.1. The molecule has 0 amide bonds. The highest BCUT2D eigenvalue weighted by atomic mass is 16.5. The summed E-state index contributed by atoms with van der Waals surface area (Å²) < 4.78 is 11.1. The third-order valence-electron chi connectivity index (χ3n) is 2.69. The Hall–Kier alpha value is -1.96. The van der Waals surface area contributed by atoms with Gasteiger partial charge in [-0.25, -0.2) is 0 Å². The van der Waals surface area contributed by atoms with E-state index < -0.39 is 0 Å². The molecule has 0 fully saturated rings. The number of ether oxygens (including phenoxy) is 2. The molecule has 0 aliphatic carbocycles. The molecule has 88 valence electrons. The highest BCUT2D eigenvalue weighted by molar-refractivity contribution is 5.42. The van der Waals surface area contributed by atoms with Crippen molar-refractivity contribution in [2.45, 2.75) is 13.8 Å². The molecule has 0 heterocycles. The molecule has 0 aliphatic rings. The predicted molar refractivity (Wildman–Crippen MR) is 69.0 cm³/mol. The van der Waals surface area contributed by atoms with Crippen molar-refractivity contribution in [2.75, 3.05) is 7.11 Å². The molecule has 2 heteroatoms.